The van der Waals surface area contributed by atoms with E-state index >= 15 is 0 Å². The minimum absolute atomic E-state index is 0.205. The summed E-state index contributed by atoms with van der Waals surface area (Å²) in [5, 5.41) is 2.92. The second-order valence-electron chi connectivity index (χ2n) is 7.81. The predicted molar refractivity (Wildman–Crippen MR) is 132 cm³/mol. The zero-order valence-electron chi connectivity index (χ0n) is 18.4. The van der Waals surface area contributed by atoms with Crippen LogP contribution in [0.4, 0.5) is 10.5 Å². The van der Waals surface area contributed by atoms with E-state index in [0.717, 1.165) is 16.0 Å². The van der Waals surface area contributed by atoms with Crippen LogP contribution < -0.4 is 15.0 Å². The third-order valence-corrected chi connectivity index (χ3v) is 6.07. The Morgan fingerprint density at radius 3 is 2.38 bits per heavy atom. The molecule has 1 aliphatic rings. The molecule has 4 rings (SSSR count). The number of nitrogens with one attached hydrogen (secondary N) is 1. The zero-order chi connectivity index (χ0) is 24.4. The number of ether oxygens (including phenoxy) is 1. The maximum Gasteiger partial charge on any atom is 0.335 e. The van der Waals surface area contributed by atoms with Gasteiger partial charge in [0, 0.05) is 5.02 Å². The lowest BCUT2D eigenvalue weighted by Gasteiger charge is -2.27. The van der Waals surface area contributed by atoms with Crippen molar-refractivity contribution < 1.29 is 19.1 Å². The number of hydrogen-bond acceptors (Lipinski definition) is 4. The van der Waals surface area contributed by atoms with Gasteiger partial charge < -0.3 is 4.74 Å². The van der Waals surface area contributed by atoms with Gasteiger partial charge in [-0.2, -0.15) is 0 Å². The standard InChI is InChI=1S/C26H20Cl2N2O4/c1-15-6-8-17(9-7-15)14-34-23-11-10-18(13-21(23)28)12-19-24(31)29-26(33)30(25(19)32)22-5-3-4-20(27)16(22)2/h3-13H,14H2,1-2H3,(H,29,31,33)/b19-12+. The first-order valence-electron chi connectivity index (χ1n) is 10.4. The summed E-state index contributed by atoms with van der Waals surface area (Å²) in [6.07, 6.45) is 1.38. The molecular formula is C26H20Cl2N2O4. The third kappa shape index (κ3) is 4.83. The summed E-state index contributed by atoms with van der Waals surface area (Å²) < 4.78 is 5.80. The summed E-state index contributed by atoms with van der Waals surface area (Å²) in [7, 11) is 0. The zero-order valence-corrected chi connectivity index (χ0v) is 19.9. The van der Waals surface area contributed by atoms with Crippen LogP contribution >= 0.6 is 23.2 Å². The molecule has 0 spiro atoms. The lowest BCUT2D eigenvalue weighted by Crippen LogP contribution is -2.54. The quantitative estimate of drug-likeness (QED) is 0.356. The van der Waals surface area contributed by atoms with Crippen molar-refractivity contribution in [2.45, 2.75) is 20.5 Å². The Bertz CT molecular complexity index is 1330. The minimum Gasteiger partial charge on any atom is -0.487 e. The first-order chi connectivity index (χ1) is 16.2. The topological polar surface area (TPSA) is 75.7 Å². The maximum absolute atomic E-state index is 13.1. The molecule has 1 fully saturated rings. The molecule has 0 radical (unpaired) electrons. The van der Waals surface area contributed by atoms with E-state index < -0.39 is 17.8 Å². The lowest BCUT2D eigenvalue weighted by atomic mass is 10.1. The Balaban J connectivity index is 1.58. The molecule has 1 aliphatic heterocycles. The van der Waals surface area contributed by atoms with Gasteiger partial charge in [-0.1, -0.05) is 65.2 Å². The number of carbonyl (C=O) groups excluding carboxylic acids is 3. The number of urea groups is 1. The van der Waals surface area contributed by atoms with Crippen LogP contribution in [-0.2, 0) is 16.2 Å². The van der Waals surface area contributed by atoms with Crippen LogP contribution in [0, 0.1) is 13.8 Å². The SMILES string of the molecule is Cc1ccc(COc2ccc(/C=C3\C(=O)NC(=O)N(c4cccc(Cl)c4C)C3=O)cc2Cl)cc1. The predicted octanol–water partition coefficient (Wildman–Crippen LogP) is 5.86. The van der Waals surface area contributed by atoms with Gasteiger partial charge in [0.15, 0.2) is 0 Å². The fraction of sp³-hybridized carbons (Fsp3) is 0.115. The molecule has 6 nitrogen and oxygen atoms in total. The van der Waals surface area contributed by atoms with E-state index in [-0.39, 0.29) is 5.57 Å². The molecule has 1 N–H and O–H groups in total. The molecule has 3 aromatic rings. The van der Waals surface area contributed by atoms with E-state index in [1.165, 1.54) is 6.08 Å². The Labute approximate surface area is 206 Å². The first kappa shape index (κ1) is 23.5. The van der Waals surface area contributed by atoms with Crippen LogP contribution in [0.2, 0.25) is 10.0 Å². The summed E-state index contributed by atoms with van der Waals surface area (Å²) in [6.45, 7) is 4.04. The smallest absolute Gasteiger partial charge is 0.335 e. The Hall–Kier alpha value is -3.61. The number of nitrogens with zero attached hydrogens (tertiary/aromatic N) is 1. The number of anilines is 1. The molecule has 0 atom stereocenters. The molecule has 4 amide bonds. The number of rotatable bonds is 5. The van der Waals surface area contributed by atoms with Crippen molar-refractivity contribution in [3.63, 3.8) is 0 Å². The monoisotopic (exact) mass is 494 g/mol. The van der Waals surface area contributed by atoms with E-state index in [2.05, 4.69) is 5.32 Å². The Morgan fingerprint density at radius 1 is 0.941 bits per heavy atom. The highest BCUT2D eigenvalue weighted by Crippen LogP contribution is 2.31. The Kier molecular flexibility index (Phi) is 6.72. The third-order valence-electron chi connectivity index (χ3n) is 5.36. The molecule has 0 saturated carbocycles. The minimum atomic E-state index is -0.838. The van der Waals surface area contributed by atoms with Crippen LogP contribution in [-0.4, -0.2) is 17.8 Å². The molecule has 0 bridgehead atoms. The second kappa shape index (κ2) is 9.71. The number of hydrogen-bond donors (Lipinski definition) is 1. The van der Waals surface area contributed by atoms with Gasteiger partial charge in [-0.25, -0.2) is 9.69 Å². The summed E-state index contributed by atoms with van der Waals surface area (Å²) in [4.78, 5) is 38.9. The van der Waals surface area contributed by atoms with E-state index in [1.807, 2.05) is 31.2 Å². The summed E-state index contributed by atoms with van der Waals surface area (Å²) in [6, 6.07) is 16.9. The van der Waals surface area contributed by atoms with E-state index in [1.54, 1.807) is 43.3 Å². The van der Waals surface area contributed by atoms with Crippen molar-refractivity contribution in [1.82, 2.24) is 5.32 Å². The number of carbonyl (C=O) groups is 3. The average molecular weight is 495 g/mol. The van der Waals surface area contributed by atoms with Crippen molar-refractivity contribution in [2.75, 3.05) is 4.90 Å². The van der Waals surface area contributed by atoms with Crippen molar-refractivity contribution in [2.24, 2.45) is 0 Å². The van der Waals surface area contributed by atoms with Crippen molar-refractivity contribution >= 4 is 52.8 Å². The van der Waals surface area contributed by atoms with Gasteiger partial charge in [-0.3, -0.25) is 14.9 Å². The second-order valence-corrected chi connectivity index (χ2v) is 8.62. The van der Waals surface area contributed by atoms with Gasteiger partial charge in [-0.15, -0.1) is 0 Å². The summed E-state index contributed by atoms with van der Waals surface area (Å²) in [5.41, 5.74) is 3.29. The molecule has 3 aromatic carbocycles. The van der Waals surface area contributed by atoms with Crippen LogP contribution in [0.5, 0.6) is 5.75 Å². The van der Waals surface area contributed by atoms with Crippen LogP contribution in [0.25, 0.3) is 6.08 Å². The maximum atomic E-state index is 13.1. The normalized spacial score (nSPS) is 15.0. The molecule has 1 saturated heterocycles. The number of benzene rings is 3. The van der Waals surface area contributed by atoms with Gasteiger partial charge in [0.25, 0.3) is 11.8 Å². The summed E-state index contributed by atoms with van der Waals surface area (Å²) in [5.74, 6) is -1.08. The van der Waals surface area contributed by atoms with Crippen LogP contribution in [0.3, 0.4) is 0 Å². The Morgan fingerprint density at radius 2 is 1.68 bits per heavy atom. The molecule has 0 unspecified atom stereocenters. The van der Waals surface area contributed by atoms with Gasteiger partial charge in [0.05, 0.1) is 10.7 Å². The highest BCUT2D eigenvalue weighted by atomic mass is 35.5. The highest BCUT2D eigenvalue weighted by Gasteiger charge is 2.37. The average Bonchev–Trinajstić information content (AvgIpc) is 2.80. The molecule has 172 valence electrons. The lowest BCUT2D eigenvalue weighted by molar-refractivity contribution is -0.122. The van der Waals surface area contributed by atoms with Crippen LogP contribution in [0.15, 0.2) is 66.2 Å². The first-order valence-corrected chi connectivity index (χ1v) is 11.1. The number of barbiturate groups is 1. The molecule has 0 aliphatic carbocycles. The molecule has 0 aromatic heterocycles. The highest BCUT2D eigenvalue weighted by molar-refractivity contribution is 6.40. The fourth-order valence-electron chi connectivity index (χ4n) is 3.45. The van der Waals surface area contributed by atoms with Crippen molar-refractivity contribution in [1.29, 1.82) is 0 Å². The van der Waals surface area contributed by atoms with Crippen molar-refractivity contribution in [3.05, 3.63) is 98.5 Å². The fourth-order valence-corrected chi connectivity index (χ4v) is 3.86. The van der Waals surface area contributed by atoms with Gasteiger partial charge >= 0.3 is 6.03 Å². The van der Waals surface area contributed by atoms with Gasteiger partial charge in [0.1, 0.15) is 17.9 Å². The number of aryl methyl sites for hydroxylation is 1. The molecule has 1 heterocycles. The largest absolute Gasteiger partial charge is 0.487 e. The van der Waals surface area contributed by atoms with E-state index in [9.17, 15) is 14.4 Å². The summed E-state index contributed by atoms with van der Waals surface area (Å²) >= 11 is 12.5. The van der Waals surface area contributed by atoms with E-state index in [0.29, 0.717) is 39.2 Å². The number of amides is 4. The van der Waals surface area contributed by atoms with E-state index in [4.69, 9.17) is 27.9 Å². The number of imide groups is 2. The molecular weight excluding hydrogens is 475 g/mol. The number of halogens is 2. The van der Waals surface area contributed by atoms with Crippen LogP contribution in [0.1, 0.15) is 22.3 Å². The molecule has 8 heteroatoms. The van der Waals surface area contributed by atoms with Crippen molar-refractivity contribution in [3.8, 4) is 5.75 Å². The molecule has 34 heavy (non-hydrogen) atoms. The van der Waals surface area contributed by atoms with Gasteiger partial charge in [-0.05, 0) is 60.9 Å². The van der Waals surface area contributed by atoms with Gasteiger partial charge in [0.2, 0.25) is 0 Å².